The van der Waals surface area contributed by atoms with Crippen LogP contribution in [0.1, 0.15) is 29.7 Å². The van der Waals surface area contributed by atoms with Crippen molar-refractivity contribution in [2.24, 2.45) is 0 Å². The number of hydrogen-bond donors (Lipinski definition) is 0. The van der Waals surface area contributed by atoms with E-state index in [0.717, 1.165) is 31.8 Å². The second-order valence-corrected chi connectivity index (χ2v) is 5.38. The SMILES string of the molecule is c1ccc2c(c1)CCN2c1ncc2c(n1)CCCC2. The van der Waals surface area contributed by atoms with Gasteiger partial charge in [-0.05, 0) is 49.3 Å². The topological polar surface area (TPSA) is 29.0 Å². The van der Waals surface area contributed by atoms with Crippen molar-refractivity contribution in [1.29, 1.82) is 0 Å². The maximum Gasteiger partial charge on any atom is 0.230 e. The molecular weight excluding hydrogens is 234 g/mol. The molecule has 3 heteroatoms. The van der Waals surface area contributed by atoms with Gasteiger partial charge in [-0.3, -0.25) is 0 Å². The van der Waals surface area contributed by atoms with E-state index in [1.165, 1.54) is 35.3 Å². The van der Waals surface area contributed by atoms with Crippen LogP contribution in [0.15, 0.2) is 30.5 Å². The van der Waals surface area contributed by atoms with Crippen LogP contribution in [-0.4, -0.2) is 16.5 Å². The van der Waals surface area contributed by atoms with Gasteiger partial charge in [-0.1, -0.05) is 18.2 Å². The lowest BCUT2D eigenvalue weighted by Gasteiger charge is -2.20. The van der Waals surface area contributed by atoms with Crippen molar-refractivity contribution >= 4 is 11.6 Å². The average Bonchev–Trinajstić information content (AvgIpc) is 2.91. The van der Waals surface area contributed by atoms with Crippen LogP contribution in [0.25, 0.3) is 0 Å². The molecule has 0 atom stereocenters. The predicted molar refractivity (Wildman–Crippen MR) is 75.8 cm³/mol. The molecule has 1 aliphatic heterocycles. The highest BCUT2D eigenvalue weighted by Gasteiger charge is 2.23. The molecule has 0 spiro atoms. The molecule has 1 aliphatic carbocycles. The molecule has 0 unspecified atom stereocenters. The first-order chi connectivity index (χ1) is 9.42. The third-order valence-electron chi connectivity index (χ3n) is 4.18. The van der Waals surface area contributed by atoms with Crippen molar-refractivity contribution in [2.75, 3.05) is 11.4 Å². The second kappa shape index (κ2) is 4.34. The van der Waals surface area contributed by atoms with Crippen LogP contribution in [0.5, 0.6) is 0 Å². The van der Waals surface area contributed by atoms with Gasteiger partial charge in [0.15, 0.2) is 0 Å². The number of aromatic nitrogens is 2. The van der Waals surface area contributed by atoms with Crippen LogP contribution >= 0.6 is 0 Å². The lowest BCUT2D eigenvalue weighted by molar-refractivity contribution is 0.661. The summed E-state index contributed by atoms with van der Waals surface area (Å²) in [6.07, 6.45) is 7.93. The van der Waals surface area contributed by atoms with Crippen molar-refractivity contribution in [3.8, 4) is 0 Å². The minimum Gasteiger partial charge on any atom is -0.310 e. The highest BCUT2D eigenvalue weighted by Crippen LogP contribution is 2.33. The minimum atomic E-state index is 0.880. The Morgan fingerprint density at radius 3 is 2.84 bits per heavy atom. The van der Waals surface area contributed by atoms with Gasteiger partial charge in [0.1, 0.15) is 0 Å². The van der Waals surface area contributed by atoms with Gasteiger partial charge in [-0.2, -0.15) is 0 Å². The fourth-order valence-electron chi connectivity index (χ4n) is 3.14. The smallest absolute Gasteiger partial charge is 0.230 e. The van der Waals surface area contributed by atoms with E-state index in [4.69, 9.17) is 4.98 Å². The highest BCUT2D eigenvalue weighted by molar-refractivity contribution is 5.65. The molecule has 1 aromatic heterocycles. The molecular formula is C16H17N3. The van der Waals surface area contributed by atoms with E-state index in [-0.39, 0.29) is 0 Å². The number of aryl methyl sites for hydroxylation is 2. The summed E-state index contributed by atoms with van der Waals surface area (Å²) >= 11 is 0. The largest absolute Gasteiger partial charge is 0.310 e. The number of rotatable bonds is 1. The molecule has 0 saturated carbocycles. The van der Waals surface area contributed by atoms with Gasteiger partial charge in [-0.25, -0.2) is 9.97 Å². The van der Waals surface area contributed by atoms with Gasteiger partial charge in [0.25, 0.3) is 0 Å². The van der Waals surface area contributed by atoms with Crippen molar-refractivity contribution < 1.29 is 0 Å². The molecule has 96 valence electrons. The number of nitrogens with zero attached hydrogens (tertiary/aromatic N) is 3. The van der Waals surface area contributed by atoms with Gasteiger partial charge in [0.05, 0.1) is 0 Å². The summed E-state index contributed by atoms with van der Waals surface area (Å²) in [5.41, 5.74) is 5.30. The molecule has 4 rings (SSSR count). The van der Waals surface area contributed by atoms with E-state index in [1.54, 1.807) is 0 Å². The Kier molecular flexibility index (Phi) is 2.50. The van der Waals surface area contributed by atoms with E-state index < -0.39 is 0 Å². The summed E-state index contributed by atoms with van der Waals surface area (Å²) in [6.45, 7) is 0.998. The lowest BCUT2D eigenvalue weighted by Crippen LogP contribution is -2.18. The molecule has 2 aromatic rings. The standard InChI is InChI=1S/C16H17N3/c1-3-7-14-13(6-1)11-17-16(18-14)19-10-9-12-5-2-4-8-15(12)19/h2,4-5,8,11H,1,3,6-7,9-10H2. The third-order valence-corrected chi connectivity index (χ3v) is 4.18. The predicted octanol–water partition coefficient (Wildman–Crippen LogP) is 3.05. The minimum absolute atomic E-state index is 0.880. The van der Waals surface area contributed by atoms with Gasteiger partial charge < -0.3 is 4.90 Å². The van der Waals surface area contributed by atoms with Crippen LogP contribution in [-0.2, 0) is 19.3 Å². The Morgan fingerprint density at radius 1 is 0.947 bits per heavy atom. The second-order valence-electron chi connectivity index (χ2n) is 5.38. The molecule has 0 saturated heterocycles. The summed E-state index contributed by atoms with van der Waals surface area (Å²) < 4.78 is 0. The number of benzene rings is 1. The first kappa shape index (κ1) is 11.0. The zero-order chi connectivity index (χ0) is 12.7. The first-order valence-corrected chi connectivity index (χ1v) is 7.12. The van der Waals surface area contributed by atoms with Crippen molar-refractivity contribution in [2.45, 2.75) is 32.1 Å². The number of anilines is 2. The van der Waals surface area contributed by atoms with Crippen molar-refractivity contribution in [1.82, 2.24) is 9.97 Å². The molecule has 0 N–H and O–H groups in total. The normalized spacial score (nSPS) is 17.2. The van der Waals surface area contributed by atoms with Crippen LogP contribution in [0.4, 0.5) is 11.6 Å². The number of fused-ring (bicyclic) bond motifs is 2. The molecule has 3 nitrogen and oxygen atoms in total. The maximum absolute atomic E-state index is 4.81. The van der Waals surface area contributed by atoms with Crippen LogP contribution < -0.4 is 4.90 Å². The zero-order valence-electron chi connectivity index (χ0n) is 11.0. The molecule has 2 aliphatic rings. The van der Waals surface area contributed by atoms with E-state index in [1.807, 2.05) is 6.20 Å². The van der Waals surface area contributed by atoms with E-state index in [9.17, 15) is 0 Å². The van der Waals surface area contributed by atoms with Gasteiger partial charge in [-0.15, -0.1) is 0 Å². The Hall–Kier alpha value is -1.90. The molecule has 0 bridgehead atoms. The Balaban J connectivity index is 1.74. The Morgan fingerprint density at radius 2 is 1.84 bits per heavy atom. The molecule has 1 aromatic carbocycles. The van der Waals surface area contributed by atoms with Crippen LogP contribution in [0.3, 0.4) is 0 Å². The number of para-hydroxylation sites is 1. The average molecular weight is 251 g/mol. The zero-order valence-corrected chi connectivity index (χ0v) is 11.0. The number of hydrogen-bond acceptors (Lipinski definition) is 3. The van der Waals surface area contributed by atoms with E-state index in [2.05, 4.69) is 34.1 Å². The Bertz CT molecular complexity index is 621. The summed E-state index contributed by atoms with van der Waals surface area (Å²) in [7, 11) is 0. The lowest BCUT2D eigenvalue weighted by atomic mass is 9.98. The third kappa shape index (κ3) is 1.81. The van der Waals surface area contributed by atoms with Crippen LogP contribution in [0.2, 0.25) is 0 Å². The fourth-order valence-corrected chi connectivity index (χ4v) is 3.14. The summed E-state index contributed by atoms with van der Waals surface area (Å²) in [5, 5.41) is 0. The fraction of sp³-hybridized carbons (Fsp3) is 0.375. The summed E-state index contributed by atoms with van der Waals surface area (Å²) in [4.78, 5) is 11.7. The molecule has 19 heavy (non-hydrogen) atoms. The molecule has 0 radical (unpaired) electrons. The quantitative estimate of drug-likeness (QED) is 0.780. The van der Waals surface area contributed by atoms with Crippen LogP contribution in [0, 0.1) is 0 Å². The first-order valence-electron chi connectivity index (χ1n) is 7.12. The highest BCUT2D eigenvalue weighted by atomic mass is 15.3. The van der Waals surface area contributed by atoms with Crippen molar-refractivity contribution in [3.05, 3.63) is 47.3 Å². The van der Waals surface area contributed by atoms with Gasteiger partial charge >= 0.3 is 0 Å². The summed E-state index contributed by atoms with van der Waals surface area (Å²) in [6, 6.07) is 8.57. The Labute approximate surface area is 113 Å². The molecule has 0 amide bonds. The maximum atomic E-state index is 4.81. The van der Waals surface area contributed by atoms with E-state index in [0.29, 0.717) is 0 Å². The summed E-state index contributed by atoms with van der Waals surface area (Å²) in [5.74, 6) is 0.880. The molecule has 0 fully saturated rings. The van der Waals surface area contributed by atoms with Gasteiger partial charge in [0.2, 0.25) is 5.95 Å². The van der Waals surface area contributed by atoms with Crippen molar-refractivity contribution in [3.63, 3.8) is 0 Å². The van der Waals surface area contributed by atoms with E-state index >= 15 is 0 Å². The van der Waals surface area contributed by atoms with Gasteiger partial charge in [0, 0.05) is 24.1 Å². The molecule has 2 heterocycles. The monoisotopic (exact) mass is 251 g/mol.